The molecule has 2 aromatic carbocycles. The Hall–Kier alpha value is -2.33. The van der Waals surface area contributed by atoms with Gasteiger partial charge in [0.15, 0.2) is 0 Å². The number of nitro benzene ring substituents is 1. The summed E-state index contributed by atoms with van der Waals surface area (Å²) in [5.41, 5.74) is 0.297. The fourth-order valence-corrected chi connectivity index (χ4v) is 2.64. The summed E-state index contributed by atoms with van der Waals surface area (Å²) in [5.74, 6) is -0.266. The number of nitrogens with zero attached hydrogens (tertiary/aromatic N) is 2. The van der Waals surface area contributed by atoms with Crippen LogP contribution in [0.3, 0.4) is 0 Å². The molecule has 2 aromatic rings. The van der Waals surface area contributed by atoms with Gasteiger partial charge in [-0.05, 0) is 24.3 Å². The number of hydrazone groups is 1. The Kier molecular flexibility index (Phi) is 5.53. The van der Waals surface area contributed by atoms with Crippen LogP contribution in [0.25, 0.3) is 0 Å². The van der Waals surface area contributed by atoms with Crippen LogP contribution in [0, 0.1) is 10.1 Å². The van der Waals surface area contributed by atoms with Gasteiger partial charge < -0.3 is 5.11 Å². The number of nitrogens with one attached hydrogen (secondary N) is 1. The van der Waals surface area contributed by atoms with E-state index < -0.39 is 22.4 Å². The predicted octanol–water partition coefficient (Wildman–Crippen LogP) is 5.18. The van der Waals surface area contributed by atoms with Gasteiger partial charge in [0, 0.05) is 16.1 Å². The summed E-state index contributed by atoms with van der Waals surface area (Å²) in [5, 5.41) is 24.5. The van der Waals surface area contributed by atoms with Crippen LogP contribution in [0.5, 0.6) is 5.75 Å². The zero-order valence-electron chi connectivity index (χ0n) is 12.0. The highest BCUT2D eigenvalue weighted by Gasteiger charge is 2.33. The second kappa shape index (κ2) is 7.28. The Labute approximate surface area is 152 Å². The van der Waals surface area contributed by atoms with E-state index in [1.807, 2.05) is 0 Å². The number of alkyl halides is 3. The Morgan fingerprint density at radius 2 is 2.00 bits per heavy atom. The van der Waals surface area contributed by atoms with Crippen LogP contribution in [-0.4, -0.2) is 16.2 Å². The number of halogens is 5. The Balaban J connectivity index is 2.30. The SMILES string of the molecule is O=[N+]([O-])c1cc(C(F)(F)F)ccc1N/N=C\c1cc(Br)cc(Cl)c1O. The standard InChI is InChI=1S/C14H8BrClF3N3O3/c15-9-3-7(13(23)10(16)5-9)6-20-21-11-2-1-8(14(17,18)19)4-12(11)22(24)25/h1-6,21,23H/b20-6-. The molecular formula is C14H8BrClF3N3O3. The maximum atomic E-state index is 12.6. The van der Waals surface area contributed by atoms with Crippen molar-refractivity contribution < 1.29 is 23.2 Å². The molecule has 0 saturated heterocycles. The third-order valence-corrected chi connectivity index (χ3v) is 3.71. The first-order chi connectivity index (χ1) is 11.6. The highest BCUT2D eigenvalue weighted by atomic mass is 79.9. The normalized spacial score (nSPS) is 11.7. The molecule has 0 atom stereocenters. The number of hydrogen-bond acceptors (Lipinski definition) is 5. The Morgan fingerprint density at radius 1 is 1.32 bits per heavy atom. The quantitative estimate of drug-likeness (QED) is 0.391. The number of nitro groups is 1. The lowest BCUT2D eigenvalue weighted by Crippen LogP contribution is -2.06. The van der Waals surface area contributed by atoms with E-state index in [9.17, 15) is 28.4 Å². The second-order valence-electron chi connectivity index (χ2n) is 4.68. The maximum absolute atomic E-state index is 12.6. The third-order valence-electron chi connectivity index (χ3n) is 2.97. The lowest BCUT2D eigenvalue weighted by atomic mass is 10.1. The van der Waals surface area contributed by atoms with E-state index >= 15 is 0 Å². The Bertz CT molecular complexity index is 859. The van der Waals surface area contributed by atoms with Crippen molar-refractivity contribution in [2.75, 3.05) is 5.43 Å². The van der Waals surface area contributed by atoms with Gasteiger partial charge in [-0.25, -0.2) is 0 Å². The van der Waals surface area contributed by atoms with Gasteiger partial charge in [0.25, 0.3) is 5.69 Å². The van der Waals surface area contributed by atoms with E-state index in [-0.39, 0.29) is 22.0 Å². The fraction of sp³-hybridized carbons (Fsp3) is 0.0714. The molecule has 0 unspecified atom stereocenters. The molecule has 0 spiro atoms. The highest BCUT2D eigenvalue weighted by Crippen LogP contribution is 2.35. The van der Waals surface area contributed by atoms with Gasteiger partial charge in [0.1, 0.15) is 11.4 Å². The molecule has 0 heterocycles. The summed E-state index contributed by atoms with van der Waals surface area (Å²) in [6.07, 6.45) is -3.58. The van der Waals surface area contributed by atoms with Crippen LogP contribution in [0.4, 0.5) is 24.5 Å². The van der Waals surface area contributed by atoms with Crippen molar-refractivity contribution in [3.05, 3.63) is 61.1 Å². The minimum Gasteiger partial charge on any atom is -0.506 e. The molecule has 0 saturated carbocycles. The van der Waals surface area contributed by atoms with E-state index in [4.69, 9.17) is 11.6 Å². The van der Waals surface area contributed by atoms with Gasteiger partial charge in [-0.1, -0.05) is 27.5 Å². The predicted molar refractivity (Wildman–Crippen MR) is 90.1 cm³/mol. The smallest absolute Gasteiger partial charge is 0.416 e. The van der Waals surface area contributed by atoms with Crippen LogP contribution in [0.2, 0.25) is 5.02 Å². The van der Waals surface area contributed by atoms with Gasteiger partial charge in [-0.15, -0.1) is 0 Å². The lowest BCUT2D eigenvalue weighted by Gasteiger charge is -2.08. The molecule has 0 aliphatic heterocycles. The summed E-state index contributed by atoms with van der Waals surface area (Å²) in [7, 11) is 0. The van der Waals surface area contributed by atoms with Crippen molar-refractivity contribution in [3.63, 3.8) is 0 Å². The summed E-state index contributed by atoms with van der Waals surface area (Å²) in [6.45, 7) is 0. The molecule has 132 valence electrons. The average Bonchev–Trinajstić information content (AvgIpc) is 2.50. The molecule has 25 heavy (non-hydrogen) atoms. The van der Waals surface area contributed by atoms with Crippen LogP contribution >= 0.6 is 27.5 Å². The van der Waals surface area contributed by atoms with Gasteiger partial charge in [-0.2, -0.15) is 18.3 Å². The minimum absolute atomic E-state index is 0.0522. The van der Waals surface area contributed by atoms with E-state index in [0.717, 1.165) is 12.3 Å². The second-order valence-corrected chi connectivity index (χ2v) is 6.01. The Morgan fingerprint density at radius 3 is 2.60 bits per heavy atom. The highest BCUT2D eigenvalue weighted by molar-refractivity contribution is 9.10. The number of benzene rings is 2. The molecule has 6 nitrogen and oxygen atoms in total. The van der Waals surface area contributed by atoms with Gasteiger partial charge in [-0.3, -0.25) is 15.5 Å². The van der Waals surface area contributed by atoms with Gasteiger partial charge in [0.05, 0.1) is 21.7 Å². The van der Waals surface area contributed by atoms with Crippen molar-refractivity contribution in [1.29, 1.82) is 0 Å². The molecule has 0 radical (unpaired) electrons. The molecule has 0 fully saturated rings. The summed E-state index contributed by atoms with van der Waals surface area (Å²) >= 11 is 8.95. The summed E-state index contributed by atoms with van der Waals surface area (Å²) in [4.78, 5) is 10.0. The number of rotatable bonds is 4. The van der Waals surface area contributed by atoms with E-state index in [1.165, 1.54) is 12.1 Å². The molecule has 2 rings (SSSR count). The topological polar surface area (TPSA) is 87.8 Å². The summed E-state index contributed by atoms with van der Waals surface area (Å²) < 4.78 is 38.5. The molecule has 2 N–H and O–H groups in total. The molecular weight excluding hydrogens is 431 g/mol. The molecule has 0 aliphatic rings. The van der Waals surface area contributed by atoms with Crippen molar-refractivity contribution in [2.24, 2.45) is 5.10 Å². The van der Waals surface area contributed by atoms with Crippen molar-refractivity contribution >= 4 is 45.1 Å². The van der Waals surface area contributed by atoms with Crippen molar-refractivity contribution in [1.82, 2.24) is 0 Å². The lowest BCUT2D eigenvalue weighted by molar-refractivity contribution is -0.384. The van der Waals surface area contributed by atoms with Crippen LogP contribution in [0.15, 0.2) is 39.9 Å². The third kappa shape index (κ3) is 4.60. The number of hydrogen-bond donors (Lipinski definition) is 2. The van der Waals surface area contributed by atoms with Crippen molar-refractivity contribution in [2.45, 2.75) is 6.18 Å². The largest absolute Gasteiger partial charge is 0.506 e. The first-order valence-corrected chi connectivity index (χ1v) is 7.59. The van der Waals surface area contributed by atoms with Crippen LogP contribution in [-0.2, 0) is 6.18 Å². The molecule has 0 aromatic heterocycles. The molecule has 0 amide bonds. The van der Waals surface area contributed by atoms with Crippen LogP contribution in [0.1, 0.15) is 11.1 Å². The van der Waals surface area contributed by atoms with Crippen LogP contribution < -0.4 is 5.43 Å². The first kappa shape index (κ1) is 19.0. The number of phenols is 1. The first-order valence-electron chi connectivity index (χ1n) is 6.42. The van der Waals surface area contributed by atoms with E-state index in [2.05, 4.69) is 26.5 Å². The zero-order chi connectivity index (χ0) is 18.8. The van der Waals surface area contributed by atoms with Crippen molar-refractivity contribution in [3.8, 4) is 5.75 Å². The summed E-state index contributed by atoms with van der Waals surface area (Å²) in [6, 6.07) is 4.92. The molecule has 0 aliphatic carbocycles. The number of anilines is 1. The average molecular weight is 439 g/mol. The van der Waals surface area contributed by atoms with E-state index in [0.29, 0.717) is 16.6 Å². The molecule has 11 heteroatoms. The van der Waals surface area contributed by atoms with Gasteiger partial charge in [0.2, 0.25) is 0 Å². The van der Waals surface area contributed by atoms with E-state index in [1.54, 1.807) is 0 Å². The maximum Gasteiger partial charge on any atom is 0.416 e. The molecule has 0 bridgehead atoms. The zero-order valence-corrected chi connectivity index (χ0v) is 14.4. The minimum atomic E-state index is -4.70. The van der Waals surface area contributed by atoms with Gasteiger partial charge >= 0.3 is 6.18 Å². The monoisotopic (exact) mass is 437 g/mol. The fourth-order valence-electron chi connectivity index (χ4n) is 1.81. The number of phenolic OH excluding ortho intramolecular Hbond substituents is 1. The number of aromatic hydroxyl groups is 1.